The molecule has 0 N–H and O–H groups in total. The second kappa shape index (κ2) is 7.24. The summed E-state index contributed by atoms with van der Waals surface area (Å²) in [6, 6.07) is 5.79. The van der Waals surface area contributed by atoms with E-state index in [9.17, 15) is 9.59 Å². The van der Waals surface area contributed by atoms with Gasteiger partial charge in [-0.05, 0) is 61.8 Å². The van der Waals surface area contributed by atoms with Gasteiger partial charge in [0.1, 0.15) is 11.8 Å². The van der Waals surface area contributed by atoms with Crippen molar-refractivity contribution in [3.63, 3.8) is 0 Å². The van der Waals surface area contributed by atoms with Crippen molar-refractivity contribution >= 4 is 11.8 Å². The third-order valence-corrected chi connectivity index (χ3v) is 4.98. The van der Waals surface area contributed by atoms with Gasteiger partial charge < -0.3 is 14.5 Å². The molecule has 2 aliphatic rings. The quantitative estimate of drug-likeness (QED) is 0.849. The number of ether oxygens (including phenoxy) is 1. The molecule has 1 saturated heterocycles. The molecule has 2 amide bonds. The largest absolute Gasteiger partial charge is 0.484 e. The Labute approximate surface area is 143 Å². The molecular formula is C19H26N2O3. The molecule has 1 aromatic rings. The SMILES string of the molecule is CN(C)C(=O)C1CCCN1C(=O)COc1ccc2c(c1)CCCC2. The van der Waals surface area contributed by atoms with E-state index in [1.807, 2.05) is 6.07 Å². The predicted octanol–water partition coefficient (Wildman–Crippen LogP) is 2.02. The maximum atomic E-state index is 12.5. The molecule has 0 aromatic heterocycles. The number of rotatable bonds is 4. The third-order valence-electron chi connectivity index (χ3n) is 4.98. The van der Waals surface area contributed by atoms with Gasteiger partial charge in [0.15, 0.2) is 6.61 Å². The van der Waals surface area contributed by atoms with Gasteiger partial charge in [-0.15, -0.1) is 0 Å². The second-order valence-electron chi connectivity index (χ2n) is 6.90. The Hall–Kier alpha value is -2.04. The van der Waals surface area contributed by atoms with Gasteiger partial charge in [-0.25, -0.2) is 0 Å². The van der Waals surface area contributed by atoms with Crippen LogP contribution in [0.25, 0.3) is 0 Å². The summed E-state index contributed by atoms with van der Waals surface area (Å²) >= 11 is 0. The van der Waals surface area contributed by atoms with Crippen molar-refractivity contribution < 1.29 is 14.3 Å². The molecule has 0 saturated carbocycles. The summed E-state index contributed by atoms with van der Waals surface area (Å²) in [6.07, 6.45) is 6.30. The average Bonchev–Trinajstić information content (AvgIpc) is 3.08. The first-order valence-electron chi connectivity index (χ1n) is 8.81. The number of aryl methyl sites for hydroxylation is 2. The maximum Gasteiger partial charge on any atom is 0.261 e. The Balaban J connectivity index is 1.60. The van der Waals surface area contributed by atoms with Crippen LogP contribution in [0.2, 0.25) is 0 Å². The lowest BCUT2D eigenvalue weighted by Crippen LogP contribution is -2.46. The Morgan fingerprint density at radius 2 is 1.92 bits per heavy atom. The number of likely N-dealkylation sites (tertiary alicyclic amines) is 1. The van der Waals surface area contributed by atoms with E-state index in [2.05, 4.69) is 12.1 Å². The number of carbonyl (C=O) groups excluding carboxylic acids is 2. The fraction of sp³-hybridized carbons (Fsp3) is 0.579. The van der Waals surface area contributed by atoms with Gasteiger partial charge in [0.2, 0.25) is 5.91 Å². The summed E-state index contributed by atoms with van der Waals surface area (Å²) in [4.78, 5) is 27.9. The molecule has 0 bridgehead atoms. The molecule has 1 heterocycles. The van der Waals surface area contributed by atoms with Gasteiger partial charge in [-0.2, -0.15) is 0 Å². The number of fused-ring (bicyclic) bond motifs is 1. The van der Waals surface area contributed by atoms with E-state index < -0.39 is 0 Å². The van der Waals surface area contributed by atoms with Gasteiger partial charge >= 0.3 is 0 Å². The van der Waals surface area contributed by atoms with Crippen LogP contribution in [0.3, 0.4) is 0 Å². The molecule has 1 aliphatic carbocycles. The Morgan fingerprint density at radius 3 is 2.67 bits per heavy atom. The van der Waals surface area contributed by atoms with Crippen LogP contribution in [0, 0.1) is 0 Å². The lowest BCUT2D eigenvalue weighted by atomic mass is 9.92. The van der Waals surface area contributed by atoms with E-state index in [1.54, 1.807) is 23.9 Å². The summed E-state index contributed by atoms with van der Waals surface area (Å²) in [5.74, 6) is 0.638. The van der Waals surface area contributed by atoms with Crippen molar-refractivity contribution in [3.05, 3.63) is 29.3 Å². The van der Waals surface area contributed by atoms with Gasteiger partial charge in [0.25, 0.3) is 5.91 Å². The minimum Gasteiger partial charge on any atom is -0.484 e. The zero-order valence-electron chi connectivity index (χ0n) is 14.6. The number of carbonyl (C=O) groups is 2. The maximum absolute atomic E-state index is 12.5. The highest BCUT2D eigenvalue weighted by Crippen LogP contribution is 2.25. The molecule has 5 nitrogen and oxygen atoms in total. The number of hydrogen-bond donors (Lipinski definition) is 0. The molecule has 1 unspecified atom stereocenters. The number of likely N-dealkylation sites (N-methyl/N-ethyl adjacent to an activating group) is 1. The van der Waals surface area contributed by atoms with Crippen LogP contribution in [-0.2, 0) is 22.4 Å². The van der Waals surface area contributed by atoms with Crippen LogP contribution < -0.4 is 4.74 Å². The van der Waals surface area contributed by atoms with Gasteiger partial charge in [-0.3, -0.25) is 9.59 Å². The van der Waals surface area contributed by atoms with Crippen LogP contribution in [0.1, 0.15) is 36.8 Å². The summed E-state index contributed by atoms with van der Waals surface area (Å²) in [6.45, 7) is 0.632. The molecule has 130 valence electrons. The van der Waals surface area contributed by atoms with Crippen LogP contribution in [-0.4, -0.2) is 54.9 Å². The molecule has 0 spiro atoms. The molecule has 1 atom stereocenters. The van der Waals surface area contributed by atoms with Gasteiger partial charge in [0, 0.05) is 20.6 Å². The lowest BCUT2D eigenvalue weighted by Gasteiger charge is -2.26. The Morgan fingerprint density at radius 1 is 1.17 bits per heavy atom. The van der Waals surface area contributed by atoms with Crippen LogP contribution in [0.5, 0.6) is 5.75 Å². The lowest BCUT2D eigenvalue weighted by molar-refractivity contribution is -0.143. The second-order valence-corrected chi connectivity index (χ2v) is 6.90. The first-order valence-corrected chi connectivity index (χ1v) is 8.81. The molecule has 0 radical (unpaired) electrons. The Bertz CT molecular complexity index is 627. The third kappa shape index (κ3) is 3.55. The minimum absolute atomic E-state index is 0.00397. The molecule has 1 aliphatic heterocycles. The summed E-state index contributed by atoms with van der Waals surface area (Å²) in [5, 5.41) is 0. The van der Waals surface area contributed by atoms with Crippen molar-refractivity contribution in [1.82, 2.24) is 9.80 Å². The highest BCUT2D eigenvalue weighted by atomic mass is 16.5. The van der Waals surface area contributed by atoms with Crippen molar-refractivity contribution in [1.29, 1.82) is 0 Å². The zero-order valence-corrected chi connectivity index (χ0v) is 14.6. The summed E-state index contributed by atoms with van der Waals surface area (Å²) in [7, 11) is 3.46. The summed E-state index contributed by atoms with van der Waals surface area (Å²) in [5.41, 5.74) is 2.74. The molecule has 24 heavy (non-hydrogen) atoms. The van der Waals surface area contributed by atoms with E-state index >= 15 is 0 Å². The first kappa shape index (κ1) is 16.8. The monoisotopic (exact) mass is 330 g/mol. The fourth-order valence-electron chi connectivity index (χ4n) is 3.65. The molecule has 1 aromatic carbocycles. The van der Waals surface area contributed by atoms with E-state index in [1.165, 1.54) is 24.0 Å². The van der Waals surface area contributed by atoms with E-state index in [4.69, 9.17) is 4.74 Å². The van der Waals surface area contributed by atoms with E-state index in [0.717, 1.165) is 31.4 Å². The van der Waals surface area contributed by atoms with Gasteiger partial charge in [-0.1, -0.05) is 6.07 Å². The first-order chi connectivity index (χ1) is 11.6. The smallest absolute Gasteiger partial charge is 0.261 e. The highest BCUT2D eigenvalue weighted by molar-refractivity contribution is 5.88. The highest BCUT2D eigenvalue weighted by Gasteiger charge is 2.34. The van der Waals surface area contributed by atoms with Crippen molar-refractivity contribution in [3.8, 4) is 5.75 Å². The van der Waals surface area contributed by atoms with E-state index in [-0.39, 0.29) is 24.5 Å². The summed E-state index contributed by atoms with van der Waals surface area (Å²) < 4.78 is 5.72. The van der Waals surface area contributed by atoms with Crippen LogP contribution in [0.4, 0.5) is 0 Å². The molecule has 1 fully saturated rings. The molecule has 3 rings (SSSR count). The number of hydrogen-bond acceptors (Lipinski definition) is 3. The normalized spacial score (nSPS) is 19.8. The topological polar surface area (TPSA) is 49.9 Å². The average molecular weight is 330 g/mol. The number of benzene rings is 1. The number of nitrogens with zero attached hydrogens (tertiary/aromatic N) is 2. The van der Waals surface area contributed by atoms with Crippen LogP contribution >= 0.6 is 0 Å². The van der Waals surface area contributed by atoms with E-state index in [0.29, 0.717) is 6.54 Å². The van der Waals surface area contributed by atoms with Crippen molar-refractivity contribution in [2.45, 2.75) is 44.6 Å². The zero-order chi connectivity index (χ0) is 17.1. The molecular weight excluding hydrogens is 304 g/mol. The Kier molecular flexibility index (Phi) is 5.07. The number of amides is 2. The van der Waals surface area contributed by atoms with Crippen molar-refractivity contribution in [2.24, 2.45) is 0 Å². The fourth-order valence-corrected chi connectivity index (χ4v) is 3.65. The standard InChI is InChI=1S/C19H26N2O3/c1-20(2)19(23)17-8-5-11-21(17)18(22)13-24-16-10-9-14-6-3-4-7-15(14)12-16/h9-10,12,17H,3-8,11,13H2,1-2H3. The van der Waals surface area contributed by atoms with Gasteiger partial charge in [0.05, 0.1) is 0 Å². The van der Waals surface area contributed by atoms with Crippen molar-refractivity contribution in [2.75, 3.05) is 27.2 Å². The van der Waals surface area contributed by atoms with Crippen LogP contribution in [0.15, 0.2) is 18.2 Å². The minimum atomic E-state index is -0.334. The molecule has 5 heteroatoms. The predicted molar refractivity (Wildman–Crippen MR) is 92.0 cm³/mol.